The summed E-state index contributed by atoms with van der Waals surface area (Å²) in [5, 5.41) is 0. The van der Waals surface area contributed by atoms with Crippen LogP contribution in [0.2, 0.25) is 0 Å². The summed E-state index contributed by atoms with van der Waals surface area (Å²) in [6.45, 7) is 4.56. The molecule has 0 unspecified atom stereocenters. The highest BCUT2D eigenvalue weighted by Crippen LogP contribution is 2.09. The highest BCUT2D eigenvalue weighted by molar-refractivity contribution is 7.40. The van der Waals surface area contributed by atoms with Crippen molar-refractivity contribution in [1.82, 2.24) is 0 Å². The first kappa shape index (κ1) is 27.1. The van der Waals surface area contributed by atoms with Gasteiger partial charge in [0.25, 0.3) is 0 Å². The first-order valence-corrected chi connectivity index (χ1v) is 10.3. The van der Waals surface area contributed by atoms with Crippen LogP contribution in [0.15, 0.2) is 0 Å². The van der Waals surface area contributed by atoms with Crippen molar-refractivity contribution in [2.24, 2.45) is 0 Å². The van der Waals surface area contributed by atoms with E-state index < -0.39 is 15.6 Å². The lowest BCUT2D eigenvalue weighted by Crippen LogP contribution is -2.24. The Hall–Kier alpha value is 0.220. The van der Waals surface area contributed by atoms with Crippen LogP contribution < -0.4 is 29.4 Å². The Morgan fingerprint density at radius 3 is 0.773 bits per heavy atom. The van der Waals surface area contributed by atoms with Gasteiger partial charge in [-0.1, -0.05) is 78.1 Å². The fourth-order valence-corrected chi connectivity index (χ4v) is 1.56. The Kier molecular flexibility index (Phi) is 21.6. The fraction of sp³-hybridized carbons (Fsp3) is 1.00. The number of rotatable bonds is 9. The molecule has 0 spiro atoms. The molecule has 0 bridgehead atoms. The largest absolute Gasteiger partial charge is 0.822 e. The first-order chi connectivity index (χ1) is 9.91. The molecule has 0 radical (unpaired) electrons. The molecule has 0 aromatic carbocycles. The topological polar surface area (TPSA) is 172 Å². The van der Waals surface area contributed by atoms with Crippen LogP contribution in [-0.4, -0.2) is 0 Å². The molecule has 0 aliphatic carbocycles. The summed E-state index contributed by atoms with van der Waals surface area (Å²) in [5.41, 5.74) is 0. The van der Waals surface area contributed by atoms with Crippen molar-refractivity contribution in [2.75, 3.05) is 0 Å². The summed E-state index contributed by atoms with van der Waals surface area (Å²) in [6.07, 6.45) is 14.4. The molecule has 0 atom stereocenters. The van der Waals surface area contributed by atoms with Crippen LogP contribution in [-0.2, 0) is 9.13 Å². The van der Waals surface area contributed by atoms with E-state index in [1.54, 1.807) is 0 Å². The van der Waals surface area contributed by atoms with E-state index in [0.29, 0.717) is 0 Å². The molecule has 138 valence electrons. The van der Waals surface area contributed by atoms with E-state index >= 15 is 0 Å². The van der Waals surface area contributed by atoms with Crippen molar-refractivity contribution >= 4 is 15.6 Å². The van der Waals surface area contributed by atoms with Crippen molar-refractivity contribution in [3.8, 4) is 0 Å². The molecule has 0 saturated heterocycles. The molecule has 0 aromatic heterocycles. The van der Waals surface area contributed by atoms with E-state index in [1.165, 1.54) is 64.2 Å². The minimum atomic E-state index is -5.39. The van der Waals surface area contributed by atoms with Gasteiger partial charge >= 0.3 is 0 Å². The monoisotopic (exact) mass is 360 g/mol. The van der Waals surface area contributed by atoms with E-state index in [4.69, 9.17) is 38.5 Å². The Bertz CT molecular complexity index is 253. The highest BCUT2D eigenvalue weighted by Gasteiger charge is 1.90. The molecule has 0 aliphatic heterocycles. The van der Waals surface area contributed by atoms with E-state index in [0.717, 1.165) is 0 Å². The molecule has 0 amide bonds. The third kappa shape index (κ3) is 87.9. The SMILES string of the molecule is CCCCCCCCCCCC.O=P([O-])([O-])[O-].O=P([O-])([O-])[O-]. The lowest BCUT2D eigenvalue weighted by Gasteiger charge is -2.36. The minimum absolute atomic E-state index is 1.37. The van der Waals surface area contributed by atoms with Gasteiger partial charge in [0.15, 0.2) is 0 Å². The number of hydrogen-bond donors (Lipinski definition) is 0. The van der Waals surface area contributed by atoms with Crippen LogP contribution in [0.1, 0.15) is 78.1 Å². The molecular formula is C12H26O8P2-6. The third-order valence-electron chi connectivity index (χ3n) is 2.46. The van der Waals surface area contributed by atoms with Gasteiger partial charge in [-0.15, -0.1) is 0 Å². The van der Waals surface area contributed by atoms with Gasteiger partial charge in [0, 0.05) is 0 Å². The molecule has 0 rings (SSSR count). The van der Waals surface area contributed by atoms with Crippen molar-refractivity contribution in [2.45, 2.75) is 78.1 Å². The van der Waals surface area contributed by atoms with Gasteiger partial charge < -0.3 is 38.5 Å². The molecule has 0 saturated carbocycles. The predicted molar refractivity (Wildman–Crippen MR) is 72.7 cm³/mol. The first-order valence-electron chi connectivity index (χ1n) is 7.37. The predicted octanol–water partition coefficient (Wildman–Crippen LogP) is -0.722. The van der Waals surface area contributed by atoms with Crippen LogP contribution in [0.5, 0.6) is 0 Å². The normalized spacial score (nSPS) is 11.1. The zero-order valence-electron chi connectivity index (χ0n) is 13.2. The van der Waals surface area contributed by atoms with Crippen molar-refractivity contribution < 1.29 is 38.5 Å². The smallest absolute Gasteiger partial charge is 0.0533 e. The van der Waals surface area contributed by atoms with Crippen LogP contribution in [0.4, 0.5) is 0 Å². The molecule has 0 fully saturated rings. The van der Waals surface area contributed by atoms with Crippen molar-refractivity contribution in [3.05, 3.63) is 0 Å². The Labute approximate surface area is 133 Å². The van der Waals surface area contributed by atoms with Crippen LogP contribution in [0, 0.1) is 0 Å². The summed E-state index contributed by atoms with van der Waals surface area (Å²) in [6, 6.07) is 0. The maximum absolute atomic E-state index is 8.55. The molecule has 0 aromatic rings. The minimum Gasteiger partial charge on any atom is -0.822 e. The van der Waals surface area contributed by atoms with Gasteiger partial charge in [-0.2, -0.15) is 15.6 Å². The van der Waals surface area contributed by atoms with E-state index in [-0.39, 0.29) is 0 Å². The van der Waals surface area contributed by atoms with Gasteiger partial charge in [0.2, 0.25) is 0 Å². The highest BCUT2D eigenvalue weighted by atomic mass is 31.2. The zero-order valence-corrected chi connectivity index (χ0v) is 15.0. The molecule has 8 nitrogen and oxygen atoms in total. The standard InChI is InChI=1S/C12H26.2H3O4P/c1-3-5-7-9-11-12-10-8-6-4-2;2*1-5(2,3)4/h3-12H2,1-2H3;2*(H3,1,2,3,4)/p-6. The second-order valence-corrected chi connectivity index (χ2v) is 6.51. The molecule has 0 aliphatic rings. The summed E-state index contributed by atoms with van der Waals surface area (Å²) in [4.78, 5) is 51.3. The van der Waals surface area contributed by atoms with Crippen LogP contribution >= 0.6 is 15.6 Å². The van der Waals surface area contributed by atoms with E-state index in [2.05, 4.69) is 13.8 Å². The summed E-state index contributed by atoms with van der Waals surface area (Å²) in [5.74, 6) is 0. The maximum Gasteiger partial charge on any atom is -0.0533 e. The summed E-state index contributed by atoms with van der Waals surface area (Å²) in [7, 11) is -10.8. The molecule has 22 heavy (non-hydrogen) atoms. The Morgan fingerprint density at radius 2 is 0.636 bits per heavy atom. The fourth-order valence-electron chi connectivity index (χ4n) is 1.56. The Balaban J connectivity index is -0.000000298. The van der Waals surface area contributed by atoms with E-state index in [9.17, 15) is 0 Å². The van der Waals surface area contributed by atoms with Gasteiger partial charge in [0.05, 0.1) is 0 Å². The van der Waals surface area contributed by atoms with Crippen molar-refractivity contribution in [3.63, 3.8) is 0 Å². The zero-order chi connectivity index (χ0) is 18.1. The van der Waals surface area contributed by atoms with Crippen LogP contribution in [0.3, 0.4) is 0 Å². The van der Waals surface area contributed by atoms with Gasteiger partial charge in [-0.25, -0.2) is 0 Å². The summed E-state index contributed by atoms with van der Waals surface area (Å²) >= 11 is 0. The average Bonchev–Trinajstić information content (AvgIpc) is 2.28. The lowest BCUT2D eigenvalue weighted by molar-refractivity contribution is -0.434. The van der Waals surface area contributed by atoms with Crippen LogP contribution in [0.25, 0.3) is 0 Å². The van der Waals surface area contributed by atoms with Gasteiger partial charge in [-0.05, 0) is 0 Å². The number of phosphoric acid groups is 2. The van der Waals surface area contributed by atoms with E-state index in [1.807, 2.05) is 0 Å². The van der Waals surface area contributed by atoms with Crippen molar-refractivity contribution in [1.29, 1.82) is 0 Å². The summed E-state index contributed by atoms with van der Waals surface area (Å²) < 4.78 is 17.1. The third-order valence-corrected chi connectivity index (χ3v) is 2.46. The molecule has 0 N–H and O–H groups in total. The van der Waals surface area contributed by atoms with Gasteiger partial charge in [-0.3, -0.25) is 0 Å². The maximum atomic E-state index is 8.55. The molecule has 10 heteroatoms. The quantitative estimate of drug-likeness (QED) is 0.382. The van der Waals surface area contributed by atoms with Gasteiger partial charge in [0.1, 0.15) is 0 Å². The Morgan fingerprint density at radius 1 is 0.500 bits per heavy atom. The second-order valence-electron chi connectivity index (χ2n) is 4.72. The lowest BCUT2D eigenvalue weighted by atomic mass is 10.1. The molecule has 0 heterocycles. The molecular weight excluding hydrogens is 334 g/mol. The number of hydrogen-bond acceptors (Lipinski definition) is 8. The number of unbranched alkanes of at least 4 members (excludes halogenated alkanes) is 9. The average molecular weight is 360 g/mol. The second kappa shape index (κ2) is 17.6.